The topological polar surface area (TPSA) is 43.4 Å². The van der Waals surface area contributed by atoms with Crippen LogP contribution in [0.25, 0.3) is 0 Å². The van der Waals surface area contributed by atoms with Crippen LogP contribution in [0, 0.1) is 17.8 Å². The molecule has 0 saturated heterocycles. The van der Waals surface area contributed by atoms with Crippen molar-refractivity contribution in [2.75, 3.05) is 6.61 Å². The van der Waals surface area contributed by atoms with Crippen LogP contribution in [0.3, 0.4) is 0 Å². The molecule has 3 atom stereocenters. The molecule has 1 saturated carbocycles. The molecule has 3 nitrogen and oxygen atoms in total. The summed E-state index contributed by atoms with van der Waals surface area (Å²) in [6.45, 7) is 0.308. The second kappa shape index (κ2) is 5.10. The minimum atomic E-state index is -3.60. The van der Waals surface area contributed by atoms with Gasteiger partial charge in [-0.15, -0.1) is 0 Å². The van der Waals surface area contributed by atoms with E-state index >= 15 is 0 Å². The fraction of sp³-hybridized carbons (Fsp3) is 0.467. The predicted molar refractivity (Wildman–Crippen MR) is 73.0 cm³/mol. The van der Waals surface area contributed by atoms with E-state index in [1.165, 1.54) is 12.8 Å². The molecule has 0 amide bonds. The van der Waals surface area contributed by atoms with Crippen LogP contribution in [0.1, 0.15) is 19.3 Å². The van der Waals surface area contributed by atoms with E-state index in [4.69, 9.17) is 4.18 Å². The van der Waals surface area contributed by atoms with Crippen LogP contribution in [0.15, 0.2) is 47.4 Å². The smallest absolute Gasteiger partial charge is 0.266 e. The van der Waals surface area contributed by atoms with Crippen molar-refractivity contribution >= 4 is 10.1 Å². The predicted octanol–water partition coefficient (Wildman–Crippen LogP) is 2.99. The van der Waals surface area contributed by atoms with Gasteiger partial charge >= 0.3 is 0 Å². The molecule has 0 radical (unpaired) electrons. The van der Waals surface area contributed by atoms with Crippen LogP contribution >= 0.6 is 0 Å². The Kier molecular flexibility index (Phi) is 3.46. The zero-order valence-corrected chi connectivity index (χ0v) is 11.6. The highest BCUT2D eigenvalue weighted by Gasteiger charge is 2.33. The molecule has 1 aromatic carbocycles. The summed E-state index contributed by atoms with van der Waals surface area (Å²) >= 11 is 0. The molecule has 19 heavy (non-hydrogen) atoms. The Bertz CT molecular complexity index is 562. The molecule has 3 aliphatic carbocycles. The lowest BCUT2D eigenvalue weighted by atomic mass is 9.69. The monoisotopic (exact) mass is 278 g/mol. The molecular formula is C15H18O3S. The minimum Gasteiger partial charge on any atom is -0.266 e. The average molecular weight is 278 g/mol. The van der Waals surface area contributed by atoms with Crippen molar-refractivity contribution in [3.63, 3.8) is 0 Å². The Hall–Kier alpha value is -1.13. The Morgan fingerprint density at radius 2 is 1.89 bits per heavy atom. The third-order valence-electron chi connectivity index (χ3n) is 4.18. The van der Waals surface area contributed by atoms with E-state index in [1.54, 1.807) is 30.3 Å². The van der Waals surface area contributed by atoms with Gasteiger partial charge < -0.3 is 0 Å². The van der Waals surface area contributed by atoms with Crippen LogP contribution < -0.4 is 0 Å². The summed E-state index contributed by atoms with van der Waals surface area (Å²) in [6, 6.07) is 8.36. The SMILES string of the molecule is O=S(=O)(OCC1CC2C=CC1CC2)c1ccccc1. The molecule has 0 heterocycles. The van der Waals surface area contributed by atoms with Crippen molar-refractivity contribution < 1.29 is 12.6 Å². The van der Waals surface area contributed by atoms with Crippen molar-refractivity contribution in [1.82, 2.24) is 0 Å². The number of hydrogen-bond donors (Lipinski definition) is 0. The van der Waals surface area contributed by atoms with Gasteiger partial charge in [-0.25, -0.2) is 0 Å². The first-order valence-electron chi connectivity index (χ1n) is 6.78. The van der Waals surface area contributed by atoms with E-state index in [2.05, 4.69) is 12.2 Å². The first kappa shape index (κ1) is 12.9. The molecule has 3 aliphatic rings. The molecule has 102 valence electrons. The maximum atomic E-state index is 12.0. The molecule has 2 bridgehead atoms. The summed E-state index contributed by atoms with van der Waals surface area (Å²) in [5.41, 5.74) is 0. The lowest BCUT2D eigenvalue weighted by Crippen LogP contribution is -2.31. The summed E-state index contributed by atoms with van der Waals surface area (Å²) in [6.07, 6.45) is 7.98. The molecule has 0 N–H and O–H groups in total. The fourth-order valence-electron chi connectivity index (χ4n) is 3.08. The van der Waals surface area contributed by atoms with Crippen LogP contribution in [-0.4, -0.2) is 15.0 Å². The zero-order chi connectivity index (χ0) is 13.3. The standard InChI is InChI=1S/C15H18O3S/c16-19(17,15-4-2-1-3-5-15)18-11-14-10-12-6-8-13(14)9-7-12/h1-6,8,12-14H,7,9-11H2. The van der Waals surface area contributed by atoms with E-state index in [0.717, 1.165) is 6.42 Å². The van der Waals surface area contributed by atoms with Crippen LogP contribution in [0.5, 0.6) is 0 Å². The van der Waals surface area contributed by atoms with Crippen LogP contribution in [0.4, 0.5) is 0 Å². The molecule has 0 aromatic heterocycles. The molecule has 4 heteroatoms. The number of benzene rings is 1. The van der Waals surface area contributed by atoms with Crippen molar-refractivity contribution in [3.8, 4) is 0 Å². The highest BCUT2D eigenvalue weighted by molar-refractivity contribution is 7.86. The zero-order valence-electron chi connectivity index (χ0n) is 10.7. The van der Waals surface area contributed by atoms with Gasteiger partial charge in [0.25, 0.3) is 10.1 Å². The lowest BCUT2D eigenvalue weighted by Gasteiger charge is -2.37. The Balaban J connectivity index is 1.65. The van der Waals surface area contributed by atoms with Crippen molar-refractivity contribution in [2.24, 2.45) is 17.8 Å². The second-order valence-corrected chi connectivity index (χ2v) is 7.05. The van der Waals surface area contributed by atoms with E-state index in [1.807, 2.05) is 0 Å². The first-order chi connectivity index (χ1) is 9.15. The molecule has 3 unspecified atom stereocenters. The minimum absolute atomic E-state index is 0.242. The number of fused-ring (bicyclic) bond motifs is 2. The Morgan fingerprint density at radius 1 is 1.11 bits per heavy atom. The van der Waals surface area contributed by atoms with E-state index < -0.39 is 10.1 Å². The van der Waals surface area contributed by atoms with Gasteiger partial charge in [-0.05, 0) is 49.1 Å². The maximum absolute atomic E-state index is 12.0. The van der Waals surface area contributed by atoms with Gasteiger partial charge in [-0.1, -0.05) is 30.4 Å². The second-order valence-electron chi connectivity index (χ2n) is 5.43. The van der Waals surface area contributed by atoms with Gasteiger partial charge in [0.05, 0.1) is 11.5 Å². The fourth-order valence-corrected chi connectivity index (χ4v) is 4.06. The third kappa shape index (κ3) is 2.74. The first-order valence-corrected chi connectivity index (χ1v) is 8.19. The summed E-state index contributed by atoms with van der Waals surface area (Å²) in [5, 5.41) is 0. The maximum Gasteiger partial charge on any atom is 0.296 e. The van der Waals surface area contributed by atoms with E-state index in [0.29, 0.717) is 24.4 Å². The summed E-state index contributed by atoms with van der Waals surface area (Å²) in [7, 11) is -3.60. The van der Waals surface area contributed by atoms with Gasteiger partial charge in [0, 0.05) is 0 Å². The third-order valence-corrected chi connectivity index (χ3v) is 5.48. The molecule has 4 rings (SSSR count). The lowest BCUT2D eigenvalue weighted by molar-refractivity contribution is 0.146. The number of hydrogen-bond acceptors (Lipinski definition) is 3. The van der Waals surface area contributed by atoms with Gasteiger partial charge in [0.2, 0.25) is 0 Å². The molecular weight excluding hydrogens is 260 g/mol. The highest BCUT2D eigenvalue weighted by atomic mass is 32.2. The summed E-state index contributed by atoms with van der Waals surface area (Å²) in [4.78, 5) is 0.242. The van der Waals surface area contributed by atoms with E-state index in [9.17, 15) is 8.42 Å². The largest absolute Gasteiger partial charge is 0.296 e. The van der Waals surface area contributed by atoms with E-state index in [-0.39, 0.29) is 4.90 Å². The average Bonchev–Trinajstić information content (AvgIpc) is 2.47. The van der Waals surface area contributed by atoms with Crippen LogP contribution in [0.2, 0.25) is 0 Å². The number of allylic oxidation sites excluding steroid dienone is 2. The van der Waals surface area contributed by atoms with Crippen LogP contribution in [-0.2, 0) is 14.3 Å². The molecule has 0 aliphatic heterocycles. The highest BCUT2D eigenvalue weighted by Crippen LogP contribution is 2.40. The summed E-state index contributed by atoms with van der Waals surface area (Å²) < 4.78 is 29.3. The normalized spacial score (nSPS) is 29.6. The van der Waals surface area contributed by atoms with Gasteiger partial charge in [0.15, 0.2) is 0 Å². The molecule has 1 fully saturated rings. The Labute approximate surface area is 114 Å². The van der Waals surface area contributed by atoms with Gasteiger partial charge in [0.1, 0.15) is 0 Å². The van der Waals surface area contributed by atoms with Gasteiger partial charge in [-0.3, -0.25) is 4.18 Å². The number of rotatable bonds is 4. The van der Waals surface area contributed by atoms with Crippen molar-refractivity contribution in [3.05, 3.63) is 42.5 Å². The van der Waals surface area contributed by atoms with Crippen molar-refractivity contribution in [2.45, 2.75) is 24.2 Å². The van der Waals surface area contributed by atoms with Crippen molar-refractivity contribution in [1.29, 1.82) is 0 Å². The Morgan fingerprint density at radius 3 is 2.47 bits per heavy atom. The summed E-state index contributed by atoms with van der Waals surface area (Å²) in [5.74, 6) is 1.47. The van der Waals surface area contributed by atoms with Gasteiger partial charge in [-0.2, -0.15) is 8.42 Å². The molecule has 1 aromatic rings. The quantitative estimate of drug-likeness (QED) is 0.628. The molecule has 0 spiro atoms.